The molecule has 2 aromatic carbocycles. The fourth-order valence-corrected chi connectivity index (χ4v) is 3.94. The average Bonchev–Trinajstić information content (AvgIpc) is 3.55. The lowest BCUT2D eigenvalue weighted by Gasteiger charge is -2.33. The van der Waals surface area contributed by atoms with Crippen LogP contribution >= 0.6 is 0 Å². The van der Waals surface area contributed by atoms with Crippen LogP contribution < -0.4 is 5.32 Å². The van der Waals surface area contributed by atoms with Gasteiger partial charge in [0.2, 0.25) is 0 Å². The van der Waals surface area contributed by atoms with E-state index in [0.29, 0.717) is 13.2 Å². The smallest absolute Gasteiger partial charge is 0.165 e. The van der Waals surface area contributed by atoms with Crippen molar-refractivity contribution < 1.29 is 9.47 Å². The van der Waals surface area contributed by atoms with Gasteiger partial charge in [0.05, 0.1) is 11.5 Å². The second-order valence-electron chi connectivity index (χ2n) is 7.86. The molecule has 0 spiro atoms. The third-order valence-corrected chi connectivity index (χ3v) is 5.77. The highest BCUT2D eigenvalue weighted by molar-refractivity contribution is 5.27. The van der Waals surface area contributed by atoms with Crippen molar-refractivity contribution in [2.24, 2.45) is 5.41 Å². The van der Waals surface area contributed by atoms with Crippen LogP contribution in [-0.4, -0.2) is 25.5 Å². The molecular formula is C25H32N2O2. The van der Waals surface area contributed by atoms with Crippen molar-refractivity contribution in [1.82, 2.24) is 5.32 Å². The Morgan fingerprint density at radius 1 is 1.00 bits per heavy atom. The predicted octanol–water partition coefficient (Wildman–Crippen LogP) is 4.94. The molecule has 1 N–H and O–H groups in total. The molecule has 0 heterocycles. The van der Waals surface area contributed by atoms with Crippen LogP contribution in [0.4, 0.5) is 0 Å². The third-order valence-electron chi connectivity index (χ3n) is 5.77. The van der Waals surface area contributed by atoms with Crippen molar-refractivity contribution in [2.75, 3.05) is 13.2 Å². The average molecular weight is 393 g/mol. The Bertz CT molecular complexity index is 788. The third kappa shape index (κ3) is 5.25. The Hall–Kier alpha value is -2.19. The molecule has 0 aliphatic heterocycles. The number of ether oxygens (including phenoxy) is 2. The zero-order chi connectivity index (χ0) is 20.7. The first-order chi connectivity index (χ1) is 14.1. The van der Waals surface area contributed by atoms with Gasteiger partial charge in [0.15, 0.2) is 6.29 Å². The monoisotopic (exact) mass is 392 g/mol. The number of rotatable bonds is 11. The molecule has 0 unspecified atom stereocenters. The first kappa shape index (κ1) is 21.5. The van der Waals surface area contributed by atoms with Crippen molar-refractivity contribution in [1.29, 1.82) is 5.26 Å². The van der Waals surface area contributed by atoms with Gasteiger partial charge in [0, 0.05) is 19.3 Å². The largest absolute Gasteiger partial charge is 0.352 e. The number of benzene rings is 2. The number of nitrogens with one attached hydrogen (secondary N) is 1. The molecule has 2 atom stereocenters. The predicted molar refractivity (Wildman–Crippen MR) is 115 cm³/mol. The Labute approximate surface area is 174 Å². The molecule has 4 heteroatoms. The van der Waals surface area contributed by atoms with Crippen molar-refractivity contribution in [2.45, 2.75) is 58.4 Å². The maximum atomic E-state index is 10.1. The summed E-state index contributed by atoms with van der Waals surface area (Å²) < 4.78 is 11.8. The molecule has 1 aliphatic carbocycles. The second kappa shape index (κ2) is 10.0. The minimum atomic E-state index is -0.342. The lowest BCUT2D eigenvalue weighted by molar-refractivity contribution is -0.179. The Balaban J connectivity index is 1.83. The summed E-state index contributed by atoms with van der Waals surface area (Å²) in [6, 6.07) is 21.2. The summed E-state index contributed by atoms with van der Waals surface area (Å²) in [5.74, 6) is 0. The van der Waals surface area contributed by atoms with Crippen molar-refractivity contribution in [3.8, 4) is 6.07 Å². The van der Waals surface area contributed by atoms with Gasteiger partial charge in [0.1, 0.15) is 6.04 Å². The molecule has 2 aromatic rings. The van der Waals surface area contributed by atoms with Crippen LogP contribution in [0.1, 0.15) is 49.4 Å². The van der Waals surface area contributed by atoms with E-state index in [9.17, 15) is 5.26 Å². The van der Waals surface area contributed by atoms with E-state index in [0.717, 1.165) is 19.3 Å². The zero-order valence-electron chi connectivity index (χ0n) is 17.7. The van der Waals surface area contributed by atoms with Crippen LogP contribution in [0, 0.1) is 23.7 Å². The zero-order valence-corrected chi connectivity index (χ0v) is 17.7. The molecule has 154 valence electrons. The lowest BCUT2D eigenvalue weighted by atomic mass is 9.92. The highest BCUT2D eigenvalue weighted by Gasteiger charge is 2.57. The molecular weight excluding hydrogens is 360 g/mol. The minimum Gasteiger partial charge on any atom is -0.352 e. The Morgan fingerprint density at radius 2 is 1.62 bits per heavy atom. The van der Waals surface area contributed by atoms with E-state index in [-0.39, 0.29) is 23.8 Å². The summed E-state index contributed by atoms with van der Waals surface area (Å²) in [5.41, 5.74) is 3.42. The first-order valence-electron chi connectivity index (χ1n) is 10.6. The molecule has 0 bridgehead atoms. The van der Waals surface area contributed by atoms with E-state index in [1.54, 1.807) is 0 Å². The van der Waals surface area contributed by atoms with E-state index in [1.807, 2.05) is 19.9 Å². The summed E-state index contributed by atoms with van der Waals surface area (Å²) in [6.07, 6.45) is 2.36. The molecule has 1 saturated carbocycles. The van der Waals surface area contributed by atoms with Crippen LogP contribution in [0.15, 0.2) is 54.6 Å². The van der Waals surface area contributed by atoms with Crippen molar-refractivity contribution in [3.05, 3.63) is 71.3 Å². The summed E-state index contributed by atoms with van der Waals surface area (Å²) in [4.78, 5) is 0. The van der Waals surface area contributed by atoms with E-state index in [2.05, 4.69) is 66.8 Å². The van der Waals surface area contributed by atoms with Crippen molar-refractivity contribution >= 4 is 0 Å². The van der Waals surface area contributed by atoms with E-state index in [1.165, 1.54) is 16.7 Å². The number of hydrogen-bond acceptors (Lipinski definition) is 4. The van der Waals surface area contributed by atoms with Crippen LogP contribution in [0.5, 0.6) is 0 Å². The molecule has 1 aliphatic rings. The molecule has 0 aromatic heterocycles. The van der Waals surface area contributed by atoms with E-state index < -0.39 is 0 Å². The minimum absolute atomic E-state index is 0.0462. The Morgan fingerprint density at radius 3 is 2.14 bits per heavy atom. The normalized spacial score (nSPS) is 16.9. The molecule has 1 fully saturated rings. The van der Waals surface area contributed by atoms with Gasteiger partial charge in [-0.3, -0.25) is 5.32 Å². The summed E-state index contributed by atoms with van der Waals surface area (Å²) in [7, 11) is 0. The van der Waals surface area contributed by atoms with Gasteiger partial charge < -0.3 is 9.47 Å². The fourth-order valence-electron chi connectivity index (χ4n) is 3.94. The van der Waals surface area contributed by atoms with Crippen LogP contribution in [0.25, 0.3) is 0 Å². The number of hydrogen-bond donors (Lipinski definition) is 1. The molecule has 0 amide bonds. The lowest BCUT2D eigenvalue weighted by Crippen LogP contribution is -2.46. The fraction of sp³-hybridized carbons (Fsp3) is 0.480. The highest BCUT2D eigenvalue weighted by Crippen LogP contribution is 2.53. The molecule has 0 saturated heterocycles. The van der Waals surface area contributed by atoms with Gasteiger partial charge in [-0.15, -0.1) is 0 Å². The number of aryl methyl sites for hydroxylation is 1. The molecule has 0 radical (unpaired) electrons. The van der Waals surface area contributed by atoms with Crippen LogP contribution in [0.3, 0.4) is 0 Å². The van der Waals surface area contributed by atoms with E-state index in [4.69, 9.17) is 9.47 Å². The number of nitriles is 1. The maximum Gasteiger partial charge on any atom is 0.165 e. The summed E-state index contributed by atoms with van der Waals surface area (Å²) in [6.45, 7) is 7.20. The van der Waals surface area contributed by atoms with Gasteiger partial charge in [0.25, 0.3) is 0 Å². The van der Waals surface area contributed by atoms with Crippen LogP contribution in [0.2, 0.25) is 0 Å². The quantitative estimate of drug-likeness (QED) is 0.550. The standard InChI is InChI=1S/C25H32N2O2/c1-4-28-24(29-5-2)25(15-16-25)23(18-26)27-22(21-9-7-6-8-10-21)17-20-13-11-19(3)12-14-20/h6-14,22-24,27H,4-5,15-17H2,1-3H3/t22-,23+/m0/s1. The molecule has 4 nitrogen and oxygen atoms in total. The second-order valence-corrected chi connectivity index (χ2v) is 7.86. The summed E-state index contributed by atoms with van der Waals surface area (Å²) >= 11 is 0. The van der Waals surface area contributed by atoms with Gasteiger partial charge in [-0.25, -0.2) is 0 Å². The van der Waals surface area contributed by atoms with Gasteiger partial charge in [-0.2, -0.15) is 5.26 Å². The maximum absolute atomic E-state index is 10.1. The highest BCUT2D eigenvalue weighted by atomic mass is 16.7. The van der Waals surface area contributed by atoms with E-state index >= 15 is 0 Å². The molecule has 29 heavy (non-hydrogen) atoms. The summed E-state index contributed by atoms with van der Waals surface area (Å²) in [5, 5.41) is 13.7. The van der Waals surface area contributed by atoms with Gasteiger partial charge in [-0.1, -0.05) is 60.2 Å². The van der Waals surface area contributed by atoms with Gasteiger partial charge >= 0.3 is 0 Å². The topological polar surface area (TPSA) is 54.3 Å². The Kier molecular flexibility index (Phi) is 7.44. The first-order valence-corrected chi connectivity index (χ1v) is 10.6. The molecule has 3 rings (SSSR count). The SMILES string of the molecule is CCOC(OCC)C1([C@@H](C#N)N[C@@H](Cc2ccc(C)cc2)c2ccccc2)CC1. The number of nitrogens with zero attached hydrogens (tertiary/aromatic N) is 1. The van der Waals surface area contributed by atoms with Gasteiger partial charge in [-0.05, 0) is 51.2 Å². The van der Waals surface area contributed by atoms with Crippen molar-refractivity contribution in [3.63, 3.8) is 0 Å². The van der Waals surface area contributed by atoms with Crippen LogP contribution in [-0.2, 0) is 15.9 Å².